The maximum Gasteiger partial charge on any atom is 0.416 e. The molecule has 0 radical (unpaired) electrons. The second kappa shape index (κ2) is 12.9. The first-order chi connectivity index (χ1) is 19.7. The number of likely N-dealkylation sites (tertiary alicyclic amines) is 2. The second-order valence-electron chi connectivity index (χ2n) is 10.9. The predicted molar refractivity (Wildman–Crippen MR) is 140 cm³/mol. The maximum atomic E-state index is 13.7. The molecule has 42 heavy (non-hydrogen) atoms. The third-order valence-electron chi connectivity index (χ3n) is 7.60. The molecule has 1 aliphatic carbocycles. The number of nitrogens with one attached hydrogen (secondary N) is 1. The number of nitrogens with zero attached hydrogens (tertiary/aromatic N) is 2. The number of benzene rings is 2. The molecular formula is C29H32F7N3O3. The van der Waals surface area contributed by atoms with Crippen molar-refractivity contribution in [2.75, 3.05) is 26.2 Å². The Kier molecular flexibility index (Phi) is 9.69. The highest BCUT2D eigenvalue weighted by molar-refractivity contribution is 5.95. The number of carbonyl (C=O) groups excluding carboxylic acids is 1. The lowest BCUT2D eigenvalue weighted by Crippen LogP contribution is -2.56. The largest absolute Gasteiger partial charge is 0.465 e. The highest BCUT2D eigenvalue weighted by Gasteiger charge is 2.41. The van der Waals surface area contributed by atoms with E-state index in [1.54, 1.807) is 0 Å². The van der Waals surface area contributed by atoms with E-state index in [2.05, 4.69) is 10.2 Å². The molecule has 230 valence electrons. The van der Waals surface area contributed by atoms with E-state index >= 15 is 0 Å². The fourth-order valence-corrected chi connectivity index (χ4v) is 5.46. The van der Waals surface area contributed by atoms with Gasteiger partial charge >= 0.3 is 18.4 Å². The van der Waals surface area contributed by atoms with Gasteiger partial charge < -0.3 is 15.3 Å². The molecule has 2 amide bonds. The Labute approximate surface area is 238 Å². The second-order valence-corrected chi connectivity index (χ2v) is 10.9. The molecule has 3 unspecified atom stereocenters. The molecule has 0 aromatic heterocycles. The lowest BCUT2D eigenvalue weighted by molar-refractivity contribution is -0.143. The number of hydrogen-bond acceptors (Lipinski definition) is 3. The first-order valence-corrected chi connectivity index (χ1v) is 13.8. The summed E-state index contributed by atoms with van der Waals surface area (Å²) in [5, 5.41) is 11.6. The number of halogens is 7. The van der Waals surface area contributed by atoms with Gasteiger partial charge in [0, 0.05) is 43.2 Å². The van der Waals surface area contributed by atoms with Gasteiger partial charge in [-0.2, -0.15) is 26.3 Å². The predicted octanol–water partition coefficient (Wildman–Crippen LogP) is 6.76. The van der Waals surface area contributed by atoms with Gasteiger partial charge in [-0.05, 0) is 61.7 Å². The summed E-state index contributed by atoms with van der Waals surface area (Å²) < 4.78 is 93.8. The quantitative estimate of drug-likeness (QED) is 0.379. The van der Waals surface area contributed by atoms with Crippen LogP contribution in [0.2, 0.25) is 0 Å². The van der Waals surface area contributed by atoms with E-state index in [1.165, 1.54) is 48.4 Å². The van der Waals surface area contributed by atoms with Gasteiger partial charge in [-0.25, -0.2) is 9.18 Å². The van der Waals surface area contributed by atoms with Crippen molar-refractivity contribution in [3.05, 3.63) is 70.5 Å². The van der Waals surface area contributed by atoms with Gasteiger partial charge in [-0.1, -0.05) is 31.4 Å². The molecule has 2 heterocycles. The number of carbonyl (C=O) groups is 2. The van der Waals surface area contributed by atoms with Crippen LogP contribution in [-0.4, -0.2) is 65.2 Å². The van der Waals surface area contributed by atoms with Gasteiger partial charge in [-0.3, -0.25) is 9.69 Å². The average Bonchev–Trinajstić information content (AvgIpc) is 3.81. The van der Waals surface area contributed by atoms with Gasteiger partial charge in [0.15, 0.2) is 0 Å². The van der Waals surface area contributed by atoms with Crippen LogP contribution in [-0.2, 0) is 12.4 Å². The monoisotopic (exact) mass is 603 g/mol. The van der Waals surface area contributed by atoms with Crippen LogP contribution in [0.3, 0.4) is 0 Å². The third-order valence-corrected chi connectivity index (χ3v) is 7.60. The maximum absolute atomic E-state index is 13.7. The highest BCUT2D eigenvalue weighted by atomic mass is 19.4. The molecule has 6 nitrogen and oxygen atoms in total. The highest BCUT2D eigenvalue weighted by Crippen LogP contribution is 2.38. The molecule has 3 fully saturated rings. The third kappa shape index (κ3) is 8.36. The minimum Gasteiger partial charge on any atom is -0.465 e. The molecule has 1 saturated carbocycles. The molecule has 0 spiro atoms. The number of carboxylic acid groups (broad SMARTS) is 1. The van der Waals surface area contributed by atoms with Crippen LogP contribution >= 0.6 is 0 Å². The molecule has 0 bridgehead atoms. The summed E-state index contributed by atoms with van der Waals surface area (Å²) in [6, 6.07) is 5.81. The Morgan fingerprint density at radius 3 is 1.93 bits per heavy atom. The number of piperidine rings is 2. The van der Waals surface area contributed by atoms with E-state index in [1.807, 2.05) is 0 Å². The van der Waals surface area contributed by atoms with Crippen LogP contribution in [0.15, 0.2) is 42.5 Å². The van der Waals surface area contributed by atoms with E-state index < -0.39 is 52.8 Å². The summed E-state index contributed by atoms with van der Waals surface area (Å²) in [5.74, 6) is -1.91. The first kappa shape index (κ1) is 31.6. The van der Waals surface area contributed by atoms with Crippen molar-refractivity contribution in [2.45, 2.75) is 68.9 Å². The average molecular weight is 604 g/mol. The summed E-state index contributed by atoms with van der Waals surface area (Å²) in [7, 11) is 0. The van der Waals surface area contributed by atoms with E-state index in [9.17, 15) is 40.3 Å². The van der Waals surface area contributed by atoms with E-state index in [-0.39, 0.29) is 31.2 Å². The molecule has 3 aliphatic rings. The SMILES string of the molecule is C1CC1.O=C(O)NC1CCCN(C2CCN(C(=O)c3cc(C(F)(F)F)cc(C(F)(F)F)c3)CC2c2ccc(F)cc2)C1. The zero-order chi connectivity index (χ0) is 30.7. The minimum absolute atomic E-state index is 0.0255. The molecule has 2 saturated heterocycles. The number of rotatable bonds is 4. The summed E-state index contributed by atoms with van der Waals surface area (Å²) in [6.07, 6.45) is -5.16. The first-order valence-electron chi connectivity index (χ1n) is 13.8. The van der Waals surface area contributed by atoms with Crippen LogP contribution in [0.1, 0.15) is 71.5 Å². The van der Waals surface area contributed by atoms with Crippen LogP contribution in [0.5, 0.6) is 0 Å². The summed E-state index contributed by atoms with van der Waals surface area (Å²) in [5.41, 5.74) is -3.23. The Balaban J connectivity index is 0.00000127. The molecule has 3 atom stereocenters. The topological polar surface area (TPSA) is 72.9 Å². The Hall–Kier alpha value is -3.35. The lowest BCUT2D eigenvalue weighted by Gasteiger charge is -2.46. The van der Waals surface area contributed by atoms with Crippen molar-refractivity contribution in [2.24, 2.45) is 0 Å². The zero-order valence-corrected chi connectivity index (χ0v) is 22.6. The molecule has 2 aromatic carbocycles. The summed E-state index contributed by atoms with van der Waals surface area (Å²) >= 11 is 0. The van der Waals surface area contributed by atoms with Crippen molar-refractivity contribution in [3.63, 3.8) is 0 Å². The minimum atomic E-state index is -5.09. The normalized spacial score (nSPS) is 23.0. The molecule has 2 aromatic rings. The standard InChI is InChI=1S/C26H26F7N3O3.C3H6/c27-19-5-3-15(4-6-19)21-14-36(9-7-22(21)35-8-1-2-20(13-35)34-24(38)39)23(37)16-10-17(25(28,29)30)12-18(11-16)26(31,32)33;1-2-3-1/h3-6,10-12,20-22,34H,1-2,7-9,13-14H2,(H,38,39);1-3H2. The van der Waals surface area contributed by atoms with Gasteiger partial charge in [0.05, 0.1) is 11.1 Å². The van der Waals surface area contributed by atoms with Crippen LogP contribution in [0, 0.1) is 5.82 Å². The fraction of sp³-hybridized carbons (Fsp3) is 0.517. The Morgan fingerprint density at radius 2 is 1.40 bits per heavy atom. The van der Waals surface area contributed by atoms with Crippen molar-refractivity contribution in [3.8, 4) is 0 Å². The smallest absolute Gasteiger partial charge is 0.416 e. The molecule has 2 N–H and O–H groups in total. The number of hydrogen-bond donors (Lipinski definition) is 2. The molecular weight excluding hydrogens is 571 g/mol. The van der Waals surface area contributed by atoms with Crippen LogP contribution in [0.4, 0.5) is 35.5 Å². The number of amides is 2. The fourth-order valence-electron chi connectivity index (χ4n) is 5.46. The Bertz CT molecular complexity index is 1210. The molecule has 13 heteroatoms. The van der Waals surface area contributed by atoms with Gasteiger partial charge in [0.1, 0.15) is 5.82 Å². The van der Waals surface area contributed by atoms with Gasteiger partial charge in [0.2, 0.25) is 0 Å². The van der Waals surface area contributed by atoms with Crippen molar-refractivity contribution < 1.29 is 45.4 Å². The summed E-state index contributed by atoms with van der Waals surface area (Å²) in [4.78, 5) is 27.7. The van der Waals surface area contributed by atoms with Crippen molar-refractivity contribution >= 4 is 12.0 Å². The van der Waals surface area contributed by atoms with Crippen LogP contribution in [0.25, 0.3) is 0 Å². The van der Waals surface area contributed by atoms with E-state index in [4.69, 9.17) is 5.11 Å². The van der Waals surface area contributed by atoms with E-state index in [0.29, 0.717) is 50.0 Å². The molecule has 5 rings (SSSR count). The number of alkyl halides is 6. The van der Waals surface area contributed by atoms with Gasteiger partial charge in [0.25, 0.3) is 5.91 Å². The van der Waals surface area contributed by atoms with Crippen molar-refractivity contribution in [1.82, 2.24) is 15.1 Å². The van der Waals surface area contributed by atoms with Crippen LogP contribution < -0.4 is 5.32 Å². The van der Waals surface area contributed by atoms with Crippen molar-refractivity contribution in [1.29, 1.82) is 0 Å². The zero-order valence-electron chi connectivity index (χ0n) is 22.6. The molecule has 2 aliphatic heterocycles. The lowest BCUT2D eigenvalue weighted by atomic mass is 9.83. The Morgan fingerprint density at radius 1 is 0.810 bits per heavy atom. The summed E-state index contributed by atoms with van der Waals surface area (Å²) in [6.45, 7) is 1.06. The van der Waals surface area contributed by atoms with Gasteiger partial charge in [-0.15, -0.1) is 0 Å². The van der Waals surface area contributed by atoms with E-state index in [0.717, 1.165) is 0 Å².